The first kappa shape index (κ1) is 17.8. The Hall–Kier alpha value is -1.54. The number of nitrogens with zero attached hydrogens (tertiary/aromatic N) is 1. The summed E-state index contributed by atoms with van der Waals surface area (Å²) in [6.45, 7) is 3.66. The second-order valence-corrected chi connectivity index (χ2v) is 5.89. The van der Waals surface area contributed by atoms with Gasteiger partial charge >= 0.3 is 12.1 Å². The minimum atomic E-state index is -4.62. The molecule has 1 saturated heterocycles. The van der Waals surface area contributed by atoms with E-state index in [9.17, 15) is 23.1 Å². The molecule has 1 unspecified atom stereocenters. The maximum Gasteiger partial charge on any atom is 0.417 e. The smallest absolute Gasteiger partial charge is 0.417 e. The van der Waals surface area contributed by atoms with Crippen molar-refractivity contribution in [2.24, 2.45) is 0 Å². The van der Waals surface area contributed by atoms with Crippen molar-refractivity contribution in [1.29, 1.82) is 0 Å². The third-order valence-corrected chi connectivity index (χ3v) is 4.42. The van der Waals surface area contributed by atoms with Crippen molar-refractivity contribution in [3.8, 4) is 0 Å². The summed E-state index contributed by atoms with van der Waals surface area (Å²) >= 11 is 0. The lowest BCUT2D eigenvalue weighted by Gasteiger charge is -2.40. The molecule has 1 aromatic rings. The van der Waals surface area contributed by atoms with E-state index in [-0.39, 0.29) is 37.7 Å². The number of furan rings is 1. The van der Waals surface area contributed by atoms with Gasteiger partial charge in [0, 0.05) is 18.7 Å². The molecule has 23 heavy (non-hydrogen) atoms. The molecule has 1 aliphatic rings. The monoisotopic (exact) mass is 335 g/mol. The van der Waals surface area contributed by atoms with E-state index in [0.717, 1.165) is 0 Å². The van der Waals surface area contributed by atoms with Crippen LogP contribution < -0.4 is 0 Å². The van der Waals surface area contributed by atoms with Gasteiger partial charge in [-0.25, -0.2) is 4.79 Å². The molecular weight excluding hydrogens is 315 g/mol. The van der Waals surface area contributed by atoms with Crippen LogP contribution in [0, 0.1) is 6.92 Å². The van der Waals surface area contributed by atoms with Gasteiger partial charge in [-0.05, 0) is 32.8 Å². The van der Waals surface area contributed by atoms with Crippen LogP contribution in [0.1, 0.15) is 47.7 Å². The lowest BCUT2D eigenvalue weighted by Crippen LogP contribution is -2.53. The van der Waals surface area contributed by atoms with Crippen LogP contribution in [0.4, 0.5) is 13.2 Å². The summed E-state index contributed by atoms with van der Waals surface area (Å²) in [5, 5.41) is 9.69. The van der Waals surface area contributed by atoms with Crippen molar-refractivity contribution in [1.82, 2.24) is 4.90 Å². The molecule has 0 spiro atoms. The van der Waals surface area contributed by atoms with Crippen molar-refractivity contribution < 1.29 is 32.2 Å². The Bertz CT molecular complexity index is 574. The number of carbonyl (C=O) groups excluding carboxylic acids is 1. The van der Waals surface area contributed by atoms with Gasteiger partial charge in [-0.2, -0.15) is 13.2 Å². The Morgan fingerprint density at radius 3 is 2.48 bits per heavy atom. The van der Waals surface area contributed by atoms with Gasteiger partial charge in [0.15, 0.2) is 5.60 Å². The Kier molecular flexibility index (Phi) is 4.77. The number of methoxy groups -OCH3 is 1. The first-order valence-electron chi connectivity index (χ1n) is 7.31. The van der Waals surface area contributed by atoms with Gasteiger partial charge in [-0.3, -0.25) is 4.90 Å². The van der Waals surface area contributed by atoms with Crippen molar-refractivity contribution >= 4 is 5.97 Å². The zero-order valence-electron chi connectivity index (χ0n) is 13.2. The second-order valence-electron chi connectivity index (χ2n) is 5.89. The number of rotatable bonds is 3. The Morgan fingerprint density at radius 2 is 2.00 bits per heavy atom. The first-order chi connectivity index (χ1) is 10.6. The predicted molar refractivity (Wildman–Crippen MR) is 75.0 cm³/mol. The third kappa shape index (κ3) is 3.37. The normalized spacial score (nSPS) is 20.3. The SMILES string of the molecule is COC(=O)c1oc(C(C)N2CCC(O)(C(F)(F)F)CC2)cc1C. The van der Waals surface area contributed by atoms with Crippen molar-refractivity contribution in [2.45, 2.75) is 44.5 Å². The van der Waals surface area contributed by atoms with E-state index in [4.69, 9.17) is 4.42 Å². The number of carbonyl (C=O) groups is 1. The third-order valence-electron chi connectivity index (χ3n) is 4.42. The number of esters is 1. The molecule has 0 bridgehead atoms. The zero-order chi connectivity index (χ0) is 17.4. The summed E-state index contributed by atoms with van der Waals surface area (Å²) in [4.78, 5) is 13.3. The summed E-state index contributed by atoms with van der Waals surface area (Å²) in [5.41, 5.74) is -2.01. The lowest BCUT2D eigenvalue weighted by molar-refractivity contribution is -0.273. The van der Waals surface area contributed by atoms with E-state index < -0.39 is 17.7 Å². The summed E-state index contributed by atoms with van der Waals surface area (Å²) in [6.07, 6.45) is -5.39. The van der Waals surface area contributed by atoms with E-state index in [1.54, 1.807) is 24.8 Å². The van der Waals surface area contributed by atoms with Gasteiger partial charge in [-0.1, -0.05) is 0 Å². The number of hydrogen-bond donors (Lipinski definition) is 1. The number of hydrogen-bond acceptors (Lipinski definition) is 5. The van der Waals surface area contributed by atoms with E-state index in [1.165, 1.54) is 7.11 Å². The largest absolute Gasteiger partial charge is 0.463 e. The molecule has 0 saturated carbocycles. The van der Waals surface area contributed by atoms with Crippen LogP contribution in [0.15, 0.2) is 10.5 Å². The summed E-state index contributed by atoms with van der Waals surface area (Å²) in [5.74, 6) is -0.00968. The van der Waals surface area contributed by atoms with Crippen LogP contribution in [-0.2, 0) is 4.74 Å². The molecule has 5 nitrogen and oxygen atoms in total. The maximum atomic E-state index is 12.8. The van der Waals surface area contributed by atoms with E-state index in [1.807, 2.05) is 0 Å². The highest BCUT2D eigenvalue weighted by Gasteiger charge is 2.54. The highest BCUT2D eigenvalue weighted by molar-refractivity contribution is 5.87. The molecule has 130 valence electrons. The minimum Gasteiger partial charge on any atom is -0.463 e. The molecule has 1 aliphatic heterocycles. The van der Waals surface area contributed by atoms with Crippen molar-refractivity contribution in [3.05, 3.63) is 23.2 Å². The van der Waals surface area contributed by atoms with Crippen LogP contribution in [0.2, 0.25) is 0 Å². The molecular formula is C15H20F3NO4. The molecule has 0 aliphatic carbocycles. The molecule has 8 heteroatoms. The Labute approximate surface area is 132 Å². The molecule has 2 heterocycles. The zero-order valence-corrected chi connectivity index (χ0v) is 13.2. The molecule has 1 atom stereocenters. The highest BCUT2D eigenvalue weighted by atomic mass is 19.4. The topological polar surface area (TPSA) is 62.9 Å². The van der Waals surface area contributed by atoms with Crippen LogP contribution >= 0.6 is 0 Å². The van der Waals surface area contributed by atoms with Gasteiger partial charge < -0.3 is 14.3 Å². The van der Waals surface area contributed by atoms with Crippen molar-refractivity contribution in [3.63, 3.8) is 0 Å². The Balaban J connectivity index is 2.09. The van der Waals surface area contributed by atoms with Crippen LogP contribution in [-0.4, -0.2) is 48.0 Å². The van der Waals surface area contributed by atoms with Gasteiger partial charge in [0.05, 0.1) is 13.2 Å². The number of halogens is 3. The summed E-state index contributed by atoms with van der Waals surface area (Å²) < 4.78 is 48.6. The summed E-state index contributed by atoms with van der Waals surface area (Å²) in [6, 6.07) is 1.38. The molecule has 1 aromatic heterocycles. The average molecular weight is 335 g/mol. The number of piperidine rings is 1. The standard InChI is InChI=1S/C15H20F3NO4/c1-9-8-11(23-12(9)13(20)22-3)10(2)19-6-4-14(21,5-7-19)15(16,17)18/h8,10,21H,4-7H2,1-3H3. The average Bonchev–Trinajstić information content (AvgIpc) is 2.87. The van der Waals surface area contributed by atoms with Gasteiger partial charge in [-0.15, -0.1) is 0 Å². The highest BCUT2D eigenvalue weighted by Crippen LogP contribution is 2.40. The summed E-state index contributed by atoms with van der Waals surface area (Å²) in [7, 11) is 1.25. The van der Waals surface area contributed by atoms with Gasteiger partial charge in [0.1, 0.15) is 5.76 Å². The fourth-order valence-corrected chi connectivity index (χ4v) is 2.75. The van der Waals surface area contributed by atoms with Crippen molar-refractivity contribution in [2.75, 3.05) is 20.2 Å². The number of aliphatic hydroxyl groups is 1. The van der Waals surface area contributed by atoms with Crippen LogP contribution in [0.25, 0.3) is 0 Å². The molecule has 1 fully saturated rings. The number of alkyl halides is 3. The van der Waals surface area contributed by atoms with E-state index in [0.29, 0.717) is 11.3 Å². The number of aryl methyl sites for hydroxylation is 1. The van der Waals surface area contributed by atoms with Crippen LogP contribution in [0.5, 0.6) is 0 Å². The van der Waals surface area contributed by atoms with E-state index in [2.05, 4.69) is 4.74 Å². The minimum absolute atomic E-state index is 0.0878. The fraction of sp³-hybridized carbons (Fsp3) is 0.667. The maximum absolute atomic E-state index is 12.8. The molecule has 0 aromatic carbocycles. The van der Waals surface area contributed by atoms with Crippen LogP contribution in [0.3, 0.4) is 0 Å². The van der Waals surface area contributed by atoms with E-state index >= 15 is 0 Å². The molecule has 1 N–H and O–H groups in total. The fourth-order valence-electron chi connectivity index (χ4n) is 2.75. The number of ether oxygens (including phenoxy) is 1. The van der Waals surface area contributed by atoms with Gasteiger partial charge in [0.25, 0.3) is 0 Å². The number of likely N-dealkylation sites (tertiary alicyclic amines) is 1. The molecule has 0 radical (unpaired) electrons. The predicted octanol–water partition coefficient (Wildman–Crippen LogP) is 2.82. The Morgan fingerprint density at radius 1 is 1.43 bits per heavy atom. The first-order valence-corrected chi connectivity index (χ1v) is 7.31. The lowest BCUT2D eigenvalue weighted by atomic mass is 9.90. The quantitative estimate of drug-likeness (QED) is 0.861. The molecule has 0 amide bonds. The molecule has 2 rings (SSSR count). The van der Waals surface area contributed by atoms with Gasteiger partial charge in [0.2, 0.25) is 5.76 Å². The second kappa shape index (κ2) is 6.16.